The van der Waals surface area contributed by atoms with Crippen LogP contribution < -0.4 is 10.1 Å². The maximum absolute atomic E-state index is 14.0. The summed E-state index contributed by atoms with van der Waals surface area (Å²) in [6.45, 7) is 6.15. The van der Waals surface area contributed by atoms with Crippen molar-refractivity contribution in [3.63, 3.8) is 0 Å². The van der Waals surface area contributed by atoms with Gasteiger partial charge < -0.3 is 15.0 Å². The SMILES string of the molecule is CCC(C)(C)NC(=O)[C@H](c1ccccc1)N(Cc1ccc(OC)cc1)C(=O)Cn1nnc2ccccc21. The number of amides is 2. The molecular weight excluding hydrogens is 466 g/mol. The lowest BCUT2D eigenvalue weighted by Crippen LogP contribution is -2.50. The van der Waals surface area contributed by atoms with E-state index in [0.29, 0.717) is 5.52 Å². The average Bonchev–Trinajstić information content (AvgIpc) is 3.31. The molecule has 4 rings (SSSR count). The predicted octanol–water partition coefficient (Wildman–Crippen LogP) is 4.51. The number of carbonyl (C=O) groups excluding carboxylic acids is 2. The van der Waals surface area contributed by atoms with Gasteiger partial charge >= 0.3 is 0 Å². The molecule has 8 heteroatoms. The second-order valence-corrected chi connectivity index (χ2v) is 9.65. The molecule has 0 saturated carbocycles. The third-order valence-corrected chi connectivity index (χ3v) is 6.56. The van der Waals surface area contributed by atoms with E-state index in [4.69, 9.17) is 4.74 Å². The number of hydrogen-bond acceptors (Lipinski definition) is 5. The Hall–Kier alpha value is -4.20. The lowest BCUT2D eigenvalue weighted by atomic mass is 9.98. The van der Waals surface area contributed by atoms with Gasteiger partial charge in [-0.2, -0.15) is 0 Å². The highest BCUT2D eigenvalue weighted by Gasteiger charge is 2.34. The van der Waals surface area contributed by atoms with Gasteiger partial charge in [-0.05, 0) is 55.7 Å². The molecule has 37 heavy (non-hydrogen) atoms. The van der Waals surface area contributed by atoms with Crippen molar-refractivity contribution in [2.45, 2.75) is 51.9 Å². The first-order valence-corrected chi connectivity index (χ1v) is 12.4. The van der Waals surface area contributed by atoms with E-state index in [1.54, 1.807) is 16.7 Å². The summed E-state index contributed by atoms with van der Waals surface area (Å²) in [5, 5.41) is 11.5. The first kappa shape index (κ1) is 25.9. The molecule has 0 radical (unpaired) electrons. The largest absolute Gasteiger partial charge is 0.497 e. The van der Waals surface area contributed by atoms with Crippen LogP contribution >= 0.6 is 0 Å². The quantitative estimate of drug-likeness (QED) is 0.347. The van der Waals surface area contributed by atoms with Crippen LogP contribution in [0.2, 0.25) is 0 Å². The number of benzene rings is 3. The molecule has 0 aliphatic carbocycles. The van der Waals surface area contributed by atoms with E-state index in [2.05, 4.69) is 15.6 Å². The fourth-order valence-corrected chi connectivity index (χ4v) is 4.10. The summed E-state index contributed by atoms with van der Waals surface area (Å²) >= 11 is 0. The van der Waals surface area contributed by atoms with Crippen molar-refractivity contribution in [2.75, 3.05) is 7.11 Å². The van der Waals surface area contributed by atoms with Gasteiger partial charge in [0.2, 0.25) is 11.8 Å². The van der Waals surface area contributed by atoms with E-state index in [9.17, 15) is 9.59 Å². The van der Waals surface area contributed by atoms with E-state index < -0.39 is 11.6 Å². The maximum Gasteiger partial charge on any atom is 0.247 e. The zero-order chi connectivity index (χ0) is 26.4. The predicted molar refractivity (Wildman–Crippen MR) is 143 cm³/mol. The van der Waals surface area contributed by atoms with Gasteiger partial charge in [0.15, 0.2) is 0 Å². The van der Waals surface area contributed by atoms with E-state index in [1.807, 2.05) is 99.6 Å². The number of carbonyl (C=O) groups is 2. The molecule has 1 aromatic heterocycles. The number of methoxy groups -OCH3 is 1. The third-order valence-electron chi connectivity index (χ3n) is 6.56. The van der Waals surface area contributed by atoms with Gasteiger partial charge in [0.25, 0.3) is 0 Å². The number of para-hydroxylation sites is 1. The Balaban J connectivity index is 1.74. The van der Waals surface area contributed by atoms with E-state index >= 15 is 0 Å². The molecule has 0 bridgehead atoms. The van der Waals surface area contributed by atoms with Crippen LogP contribution in [0.4, 0.5) is 0 Å². The molecular formula is C29H33N5O3. The number of rotatable bonds is 10. The van der Waals surface area contributed by atoms with Crippen LogP contribution in [0.3, 0.4) is 0 Å². The van der Waals surface area contributed by atoms with Crippen LogP contribution in [0.25, 0.3) is 11.0 Å². The number of fused-ring (bicyclic) bond motifs is 1. The zero-order valence-electron chi connectivity index (χ0n) is 21.7. The molecule has 1 heterocycles. The molecule has 8 nitrogen and oxygen atoms in total. The molecule has 0 saturated heterocycles. The zero-order valence-corrected chi connectivity index (χ0v) is 21.7. The van der Waals surface area contributed by atoms with E-state index in [1.165, 1.54) is 0 Å². The van der Waals surface area contributed by atoms with Crippen molar-refractivity contribution in [3.8, 4) is 5.75 Å². The molecule has 0 aliphatic rings. The van der Waals surface area contributed by atoms with Crippen LogP contribution in [-0.4, -0.2) is 44.4 Å². The van der Waals surface area contributed by atoms with Crippen molar-refractivity contribution in [2.24, 2.45) is 0 Å². The van der Waals surface area contributed by atoms with Crippen LogP contribution in [0.15, 0.2) is 78.9 Å². The molecule has 2 amide bonds. The molecule has 1 atom stereocenters. The van der Waals surface area contributed by atoms with Gasteiger partial charge in [0.1, 0.15) is 23.9 Å². The molecule has 0 fully saturated rings. The van der Waals surface area contributed by atoms with Crippen LogP contribution in [-0.2, 0) is 22.7 Å². The van der Waals surface area contributed by atoms with Crippen molar-refractivity contribution in [1.82, 2.24) is 25.2 Å². The number of ether oxygens (including phenoxy) is 1. The van der Waals surface area contributed by atoms with Gasteiger partial charge in [0, 0.05) is 12.1 Å². The molecule has 0 spiro atoms. The summed E-state index contributed by atoms with van der Waals surface area (Å²) < 4.78 is 6.87. The summed E-state index contributed by atoms with van der Waals surface area (Å²) in [7, 11) is 1.61. The van der Waals surface area contributed by atoms with E-state index in [-0.39, 0.29) is 24.9 Å². The van der Waals surface area contributed by atoms with Crippen LogP contribution in [0.1, 0.15) is 44.4 Å². The highest BCUT2D eigenvalue weighted by molar-refractivity contribution is 5.89. The fraction of sp³-hybridized carbons (Fsp3) is 0.310. The summed E-state index contributed by atoms with van der Waals surface area (Å²) in [6.07, 6.45) is 0.748. The monoisotopic (exact) mass is 499 g/mol. The molecule has 0 aliphatic heterocycles. The standard InChI is InChI=1S/C29H33N5O3/c1-5-29(2,3)30-28(36)27(22-11-7-6-8-12-22)33(19-21-15-17-23(37-4)18-16-21)26(35)20-34-25-14-10-9-13-24(25)31-32-34/h6-18,27H,5,19-20H2,1-4H3,(H,30,36)/t27-/m0/s1. The Labute approximate surface area is 217 Å². The minimum Gasteiger partial charge on any atom is -0.497 e. The Morgan fingerprint density at radius 2 is 1.68 bits per heavy atom. The van der Waals surface area contributed by atoms with Gasteiger partial charge in [-0.3, -0.25) is 9.59 Å². The Bertz CT molecular complexity index is 1350. The molecule has 4 aromatic rings. The second kappa shape index (κ2) is 11.2. The molecule has 3 aromatic carbocycles. The number of hydrogen-bond donors (Lipinski definition) is 1. The number of nitrogens with zero attached hydrogens (tertiary/aromatic N) is 4. The highest BCUT2D eigenvalue weighted by atomic mass is 16.5. The first-order chi connectivity index (χ1) is 17.8. The number of nitrogens with one attached hydrogen (secondary N) is 1. The minimum absolute atomic E-state index is 0.0511. The van der Waals surface area contributed by atoms with Crippen LogP contribution in [0.5, 0.6) is 5.75 Å². The normalized spacial score (nSPS) is 12.2. The topological polar surface area (TPSA) is 89.4 Å². The van der Waals surface area contributed by atoms with Gasteiger partial charge in [-0.1, -0.05) is 66.7 Å². The third kappa shape index (κ3) is 6.14. The summed E-state index contributed by atoms with van der Waals surface area (Å²) in [5.74, 6) is 0.242. The lowest BCUT2D eigenvalue weighted by Gasteiger charge is -2.34. The fourth-order valence-electron chi connectivity index (χ4n) is 4.10. The molecule has 1 N–H and O–H groups in total. The van der Waals surface area contributed by atoms with Crippen molar-refractivity contribution in [1.29, 1.82) is 0 Å². The van der Waals surface area contributed by atoms with Crippen molar-refractivity contribution in [3.05, 3.63) is 90.0 Å². The van der Waals surface area contributed by atoms with Gasteiger partial charge in [-0.15, -0.1) is 5.10 Å². The smallest absolute Gasteiger partial charge is 0.247 e. The maximum atomic E-state index is 14.0. The van der Waals surface area contributed by atoms with Crippen molar-refractivity contribution < 1.29 is 14.3 Å². The first-order valence-electron chi connectivity index (χ1n) is 12.4. The summed E-state index contributed by atoms with van der Waals surface area (Å²) in [6, 6.07) is 23.6. The summed E-state index contributed by atoms with van der Waals surface area (Å²) in [5.41, 5.74) is 2.64. The van der Waals surface area contributed by atoms with Crippen LogP contribution in [0, 0.1) is 0 Å². The van der Waals surface area contributed by atoms with Gasteiger partial charge in [-0.25, -0.2) is 4.68 Å². The Kier molecular flexibility index (Phi) is 7.86. The average molecular weight is 500 g/mol. The number of aromatic nitrogens is 3. The minimum atomic E-state index is -0.837. The highest BCUT2D eigenvalue weighted by Crippen LogP contribution is 2.26. The molecule has 192 valence electrons. The Morgan fingerprint density at radius 3 is 2.35 bits per heavy atom. The van der Waals surface area contributed by atoms with Crippen molar-refractivity contribution >= 4 is 22.8 Å². The molecule has 0 unspecified atom stereocenters. The lowest BCUT2D eigenvalue weighted by molar-refractivity contribution is -0.143. The second-order valence-electron chi connectivity index (χ2n) is 9.65. The van der Waals surface area contributed by atoms with Gasteiger partial charge in [0.05, 0.1) is 12.6 Å². The van der Waals surface area contributed by atoms with E-state index in [0.717, 1.165) is 28.8 Å². The summed E-state index contributed by atoms with van der Waals surface area (Å²) in [4.78, 5) is 29.4. The Morgan fingerprint density at radius 1 is 1.00 bits per heavy atom.